The van der Waals surface area contributed by atoms with E-state index in [9.17, 15) is 4.79 Å². The standard InChI is InChI=1S/C21H26N2O2/c1-17(2)18-8-10-20(11-9-18)25-16-21(24)23-14-12-22(13-15-23)19-6-4-3-5-7-19/h3-11,17H,12-16H2,1-2H3. The van der Waals surface area contributed by atoms with Gasteiger partial charge in [0.05, 0.1) is 0 Å². The van der Waals surface area contributed by atoms with Gasteiger partial charge in [-0.25, -0.2) is 0 Å². The molecule has 0 aliphatic carbocycles. The van der Waals surface area contributed by atoms with Crippen molar-refractivity contribution in [1.82, 2.24) is 4.90 Å². The monoisotopic (exact) mass is 338 g/mol. The second-order valence-corrected chi connectivity index (χ2v) is 6.72. The Balaban J connectivity index is 1.46. The number of nitrogens with zero attached hydrogens (tertiary/aromatic N) is 2. The van der Waals surface area contributed by atoms with E-state index in [4.69, 9.17) is 4.74 Å². The molecule has 3 rings (SSSR count). The first kappa shape index (κ1) is 17.3. The number of carbonyl (C=O) groups is 1. The molecule has 1 aliphatic heterocycles. The minimum atomic E-state index is 0.0562. The molecule has 0 radical (unpaired) electrons. The maximum atomic E-state index is 12.4. The fraction of sp³-hybridized carbons (Fsp3) is 0.381. The predicted octanol–water partition coefficient (Wildman–Crippen LogP) is 3.54. The summed E-state index contributed by atoms with van der Waals surface area (Å²) in [6.07, 6.45) is 0. The molecule has 1 saturated heterocycles. The Labute approximate surface area is 150 Å². The average molecular weight is 338 g/mol. The number of carbonyl (C=O) groups excluding carboxylic acids is 1. The normalized spacial score (nSPS) is 14.7. The maximum absolute atomic E-state index is 12.4. The molecule has 25 heavy (non-hydrogen) atoms. The Morgan fingerprint density at radius 3 is 2.20 bits per heavy atom. The molecular formula is C21H26N2O2. The Morgan fingerprint density at radius 2 is 1.60 bits per heavy atom. The number of hydrogen-bond donors (Lipinski definition) is 0. The molecule has 1 fully saturated rings. The van der Waals surface area contributed by atoms with Crippen molar-refractivity contribution in [2.75, 3.05) is 37.7 Å². The number of rotatable bonds is 5. The molecule has 132 valence electrons. The fourth-order valence-electron chi connectivity index (χ4n) is 3.04. The molecular weight excluding hydrogens is 312 g/mol. The van der Waals surface area contributed by atoms with E-state index in [1.165, 1.54) is 11.3 Å². The molecule has 0 aromatic heterocycles. The van der Waals surface area contributed by atoms with Crippen molar-refractivity contribution in [1.29, 1.82) is 0 Å². The van der Waals surface area contributed by atoms with E-state index in [1.54, 1.807) is 0 Å². The first-order chi connectivity index (χ1) is 12.1. The van der Waals surface area contributed by atoms with Crippen LogP contribution in [0.15, 0.2) is 54.6 Å². The highest BCUT2D eigenvalue weighted by molar-refractivity contribution is 5.78. The van der Waals surface area contributed by atoms with Gasteiger partial charge in [0.15, 0.2) is 6.61 Å². The van der Waals surface area contributed by atoms with Gasteiger partial charge in [-0.3, -0.25) is 4.79 Å². The quantitative estimate of drug-likeness (QED) is 0.836. The van der Waals surface area contributed by atoms with Crippen molar-refractivity contribution in [3.05, 3.63) is 60.2 Å². The van der Waals surface area contributed by atoms with Gasteiger partial charge in [0, 0.05) is 31.9 Å². The van der Waals surface area contributed by atoms with Crippen LogP contribution < -0.4 is 9.64 Å². The molecule has 0 unspecified atom stereocenters. The Kier molecular flexibility index (Phi) is 5.59. The smallest absolute Gasteiger partial charge is 0.260 e. The van der Waals surface area contributed by atoms with Crippen molar-refractivity contribution < 1.29 is 9.53 Å². The Hall–Kier alpha value is -2.49. The number of hydrogen-bond acceptors (Lipinski definition) is 3. The van der Waals surface area contributed by atoms with Crippen LogP contribution in [0.2, 0.25) is 0 Å². The third kappa shape index (κ3) is 4.53. The van der Waals surface area contributed by atoms with Crippen LogP contribution in [0.5, 0.6) is 5.75 Å². The molecule has 2 aromatic rings. The van der Waals surface area contributed by atoms with Crippen LogP contribution in [-0.2, 0) is 4.79 Å². The molecule has 0 spiro atoms. The van der Waals surface area contributed by atoms with Crippen LogP contribution in [0.1, 0.15) is 25.3 Å². The van der Waals surface area contributed by atoms with E-state index in [0.717, 1.165) is 31.9 Å². The number of piperazine rings is 1. The van der Waals surface area contributed by atoms with Gasteiger partial charge in [-0.2, -0.15) is 0 Å². The lowest BCUT2D eigenvalue weighted by atomic mass is 10.0. The predicted molar refractivity (Wildman–Crippen MR) is 101 cm³/mol. The summed E-state index contributed by atoms with van der Waals surface area (Å²) in [7, 11) is 0. The summed E-state index contributed by atoms with van der Waals surface area (Å²) in [5.74, 6) is 1.30. The first-order valence-corrected chi connectivity index (χ1v) is 8.94. The second-order valence-electron chi connectivity index (χ2n) is 6.72. The van der Waals surface area contributed by atoms with Crippen LogP contribution in [0.3, 0.4) is 0 Å². The lowest BCUT2D eigenvalue weighted by molar-refractivity contribution is -0.133. The third-order valence-corrected chi connectivity index (χ3v) is 4.66. The van der Waals surface area contributed by atoms with Crippen LogP contribution in [0, 0.1) is 0 Å². The summed E-state index contributed by atoms with van der Waals surface area (Å²) in [6, 6.07) is 18.3. The molecule has 4 nitrogen and oxygen atoms in total. The number of para-hydroxylation sites is 1. The molecule has 1 amide bonds. The molecule has 1 heterocycles. The summed E-state index contributed by atoms with van der Waals surface area (Å²) in [6.45, 7) is 7.62. The Morgan fingerprint density at radius 1 is 0.960 bits per heavy atom. The van der Waals surface area contributed by atoms with Crippen molar-refractivity contribution in [3.8, 4) is 5.75 Å². The summed E-state index contributed by atoms with van der Waals surface area (Å²) in [4.78, 5) is 16.6. The number of benzene rings is 2. The van der Waals surface area contributed by atoms with Crippen molar-refractivity contribution in [2.24, 2.45) is 0 Å². The van der Waals surface area contributed by atoms with E-state index in [0.29, 0.717) is 5.92 Å². The topological polar surface area (TPSA) is 32.8 Å². The maximum Gasteiger partial charge on any atom is 0.260 e. The lowest BCUT2D eigenvalue weighted by Crippen LogP contribution is -2.50. The van der Waals surface area contributed by atoms with Crippen molar-refractivity contribution in [2.45, 2.75) is 19.8 Å². The third-order valence-electron chi connectivity index (χ3n) is 4.66. The lowest BCUT2D eigenvalue weighted by Gasteiger charge is -2.36. The highest BCUT2D eigenvalue weighted by atomic mass is 16.5. The van der Waals surface area contributed by atoms with Gasteiger partial charge in [-0.05, 0) is 35.7 Å². The van der Waals surface area contributed by atoms with Crippen LogP contribution in [-0.4, -0.2) is 43.6 Å². The van der Waals surface area contributed by atoms with E-state index in [-0.39, 0.29) is 12.5 Å². The number of amides is 1. The van der Waals surface area contributed by atoms with Gasteiger partial charge in [0.2, 0.25) is 0 Å². The number of ether oxygens (including phenoxy) is 1. The van der Waals surface area contributed by atoms with Crippen molar-refractivity contribution in [3.63, 3.8) is 0 Å². The highest BCUT2D eigenvalue weighted by Gasteiger charge is 2.21. The molecule has 0 bridgehead atoms. The molecule has 4 heteroatoms. The first-order valence-electron chi connectivity index (χ1n) is 8.94. The van der Waals surface area contributed by atoms with E-state index in [2.05, 4.69) is 43.0 Å². The molecule has 2 aromatic carbocycles. The van der Waals surface area contributed by atoms with Gasteiger partial charge in [-0.15, -0.1) is 0 Å². The van der Waals surface area contributed by atoms with E-state index >= 15 is 0 Å². The molecule has 0 atom stereocenters. The van der Waals surface area contributed by atoms with Gasteiger partial charge < -0.3 is 14.5 Å². The zero-order valence-electron chi connectivity index (χ0n) is 15.0. The summed E-state index contributed by atoms with van der Waals surface area (Å²) in [5, 5.41) is 0. The van der Waals surface area contributed by atoms with Crippen LogP contribution in [0.4, 0.5) is 5.69 Å². The Bertz CT molecular complexity index is 675. The zero-order chi connectivity index (χ0) is 17.6. The molecule has 1 aliphatic rings. The van der Waals surface area contributed by atoms with Gasteiger partial charge in [0.25, 0.3) is 5.91 Å². The summed E-state index contributed by atoms with van der Waals surface area (Å²) < 4.78 is 5.66. The fourth-order valence-corrected chi connectivity index (χ4v) is 3.04. The minimum Gasteiger partial charge on any atom is -0.484 e. The minimum absolute atomic E-state index is 0.0562. The SMILES string of the molecule is CC(C)c1ccc(OCC(=O)N2CCN(c3ccccc3)CC2)cc1. The summed E-state index contributed by atoms with van der Waals surface area (Å²) in [5.41, 5.74) is 2.49. The molecule has 0 N–H and O–H groups in total. The van der Waals surface area contributed by atoms with E-state index < -0.39 is 0 Å². The highest BCUT2D eigenvalue weighted by Crippen LogP contribution is 2.19. The molecule has 0 saturated carbocycles. The second kappa shape index (κ2) is 8.06. The van der Waals surface area contributed by atoms with Gasteiger partial charge >= 0.3 is 0 Å². The van der Waals surface area contributed by atoms with Crippen molar-refractivity contribution >= 4 is 11.6 Å². The number of anilines is 1. The van der Waals surface area contributed by atoms with Crippen LogP contribution >= 0.6 is 0 Å². The largest absolute Gasteiger partial charge is 0.484 e. The van der Waals surface area contributed by atoms with Gasteiger partial charge in [0.1, 0.15) is 5.75 Å². The van der Waals surface area contributed by atoms with Gasteiger partial charge in [-0.1, -0.05) is 44.2 Å². The zero-order valence-corrected chi connectivity index (χ0v) is 15.0. The van der Waals surface area contributed by atoms with Crippen LogP contribution in [0.25, 0.3) is 0 Å². The summed E-state index contributed by atoms with van der Waals surface area (Å²) >= 11 is 0. The van der Waals surface area contributed by atoms with E-state index in [1.807, 2.05) is 35.2 Å². The average Bonchev–Trinajstić information content (AvgIpc) is 2.67.